The number of anilines is 1. The summed E-state index contributed by atoms with van der Waals surface area (Å²) in [5, 5.41) is 13.5. The number of nitrogens with one attached hydrogen (secondary N) is 1. The fraction of sp³-hybridized carbons (Fsp3) is 0.636. The third kappa shape index (κ3) is 2.83. The van der Waals surface area contributed by atoms with Gasteiger partial charge in [-0.25, -0.2) is 9.97 Å². The second-order valence-corrected chi connectivity index (χ2v) is 4.62. The second-order valence-electron chi connectivity index (χ2n) is 4.21. The van der Waals surface area contributed by atoms with Crippen molar-refractivity contribution in [1.82, 2.24) is 9.97 Å². The van der Waals surface area contributed by atoms with Gasteiger partial charge in [0.05, 0.1) is 12.3 Å². The SMILES string of the molecule is OC1CCCCC1CNc1ncncc1Cl. The van der Waals surface area contributed by atoms with Crippen LogP contribution < -0.4 is 5.32 Å². The number of rotatable bonds is 3. The van der Waals surface area contributed by atoms with E-state index in [4.69, 9.17) is 11.6 Å². The minimum absolute atomic E-state index is 0.193. The van der Waals surface area contributed by atoms with E-state index < -0.39 is 0 Å². The van der Waals surface area contributed by atoms with Crippen LogP contribution in [0.25, 0.3) is 0 Å². The Bertz CT molecular complexity index is 348. The molecule has 1 aliphatic rings. The summed E-state index contributed by atoms with van der Waals surface area (Å²) < 4.78 is 0. The van der Waals surface area contributed by atoms with Crippen molar-refractivity contribution in [2.75, 3.05) is 11.9 Å². The first-order valence-corrected chi connectivity index (χ1v) is 6.02. The molecule has 0 saturated heterocycles. The molecule has 1 saturated carbocycles. The van der Waals surface area contributed by atoms with E-state index in [9.17, 15) is 5.11 Å². The van der Waals surface area contributed by atoms with Gasteiger partial charge in [-0.05, 0) is 12.8 Å². The average molecular weight is 242 g/mol. The first kappa shape index (κ1) is 11.6. The monoisotopic (exact) mass is 241 g/mol. The molecular formula is C11H16ClN3O. The maximum Gasteiger partial charge on any atom is 0.148 e. The lowest BCUT2D eigenvalue weighted by Gasteiger charge is -2.27. The van der Waals surface area contributed by atoms with E-state index in [-0.39, 0.29) is 6.10 Å². The Morgan fingerprint density at radius 2 is 2.25 bits per heavy atom. The Kier molecular flexibility index (Phi) is 3.96. The molecule has 88 valence electrons. The molecule has 0 radical (unpaired) electrons. The molecule has 2 N–H and O–H groups in total. The van der Waals surface area contributed by atoms with E-state index in [1.807, 2.05) is 0 Å². The van der Waals surface area contributed by atoms with E-state index in [0.717, 1.165) is 25.8 Å². The van der Waals surface area contributed by atoms with Crippen LogP contribution in [0, 0.1) is 5.92 Å². The third-order valence-electron chi connectivity index (χ3n) is 3.07. The van der Waals surface area contributed by atoms with Gasteiger partial charge in [-0.3, -0.25) is 0 Å². The molecule has 2 rings (SSSR count). The molecule has 0 amide bonds. The van der Waals surface area contributed by atoms with Crippen LogP contribution in [0.2, 0.25) is 5.02 Å². The van der Waals surface area contributed by atoms with Gasteiger partial charge in [0.2, 0.25) is 0 Å². The maximum absolute atomic E-state index is 9.81. The van der Waals surface area contributed by atoms with Crippen LogP contribution in [0.15, 0.2) is 12.5 Å². The van der Waals surface area contributed by atoms with E-state index >= 15 is 0 Å². The number of hydrogen-bond acceptors (Lipinski definition) is 4. The van der Waals surface area contributed by atoms with E-state index in [2.05, 4.69) is 15.3 Å². The van der Waals surface area contributed by atoms with Crippen molar-refractivity contribution in [1.29, 1.82) is 0 Å². The predicted octanol–water partition coefficient (Wildman–Crippen LogP) is 2.09. The summed E-state index contributed by atoms with van der Waals surface area (Å²) in [5.41, 5.74) is 0. The second kappa shape index (κ2) is 5.46. The lowest BCUT2D eigenvalue weighted by atomic mass is 9.86. The largest absolute Gasteiger partial charge is 0.393 e. The first-order valence-electron chi connectivity index (χ1n) is 5.65. The van der Waals surface area contributed by atoms with Gasteiger partial charge in [0.1, 0.15) is 17.2 Å². The van der Waals surface area contributed by atoms with Gasteiger partial charge in [-0.1, -0.05) is 24.4 Å². The molecule has 0 bridgehead atoms. The van der Waals surface area contributed by atoms with Crippen molar-refractivity contribution in [2.45, 2.75) is 31.8 Å². The highest BCUT2D eigenvalue weighted by molar-refractivity contribution is 6.32. The van der Waals surface area contributed by atoms with Crippen LogP contribution in [-0.2, 0) is 0 Å². The Hall–Kier alpha value is -0.870. The van der Waals surface area contributed by atoms with E-state index in [1.54, 1.807) is 6.20 Å². The molecule has 2 atom stereocenters. The van der Waals surface area contributed by atoms with Crippen LogP contribution >= 0.6 is 11.6 Å². The summed E-state index contributed by atoms with van der Waals surface area (Å²) in [5.74, 6) is 0.953. The van der Waals surface area contributed by atoms with Crippen LogP contribution in [0.4, 0.5) is 5.82 Å². The molecule has 1 aliphatic carbocycles. The lowest BCUT2D eigenvalue weighted by molar-refractivity contribution is 0.0763. The van der Waals surface area contributed by atoms with Crippen molar-refractivity contribution in [3.63, 3.8) is 0 Å². The fourth-order valence-corrected chi connectivity index (χ4v) is 2.27. The highest BCUT2D eigenvalue weighted by atomic mass is 35.5. The normalized spacial score (nSPS) is 25.4. The molecule has 5 heteroatoms. The van der Waals surface area contributed by atoms with E-state index in [1.165, 1.54) is 12.7 Å². The highest BCUT2D eigenvalue weighted by Gasteiger charge is 2.22. The topological polar surface area (TPSA) is 58.0 Å². The van der Waals surface area contributed by atoms with Gasteiger partial charge in [-0.15, -0.1) is 0 Å². The van der Waals surface area contributed by atoms with E-state index in [0.29, 0.717) is 16.8 Å². The summed E-state index contributed by atoms with van der Waals surface area (Å²) in [6.07, 6.45) is 7.13. The smallest absolute Gasteiger partial charge is 0.148 e. The van der Waals surface area contributed by atoms with Crippen molar-refractivity contribution in [3.8, 4) is 0 Å². The van der Waals surface area contributed by atoms with Gasteiger partial charge in [0.25, 0.3) is 0 Å². The third-order valence-corrected chi connectivity index (χ3v) is 3.34. The van der Waals surface area contributed by atoms with Gasteiger partial charge < -0.3 is 10.4 Å². The number of aliphatic hydroxyl groups is 1. The summed E-state index contributed by atoms with van der Waals surface area (Å²) >= 11 is 5.93. The van der Waals surface area contributed by atoms with Crippen molar-refractivity contribution in [2.24, 2.45) is 5.92 Å². The minimum Gasteiger partial charge on any atom is -0.393 e. The number of nitrogens with zero attached hydrogens (tertiary/aromatic N) is 2. The Labute approximate surface area is 100 Å². The summed E-state index contributed by atoms with van der Waals surface area (Å²) in [7, 11) is 0. The van der Waals surface area contributed by atoms with Gasteiger partial charge in [0, 0.05) is 12.5 Å². The number of halogens is 1. The molecule has 1 fully saturated rings. The highest BCUT2D eigenvalue weighted by Crippen LogP contribution is 2.25. The first-order chi connectivity index (χ1) is 7.77. The average Bonchev–Trinajstić information content (AvgIpc) is 2.30. The molecule has 0 aliphatic heterocycles. The molecule has 16 heavy (non-hydrogen) atoms. The Balaban J connectivity index is 1.89. The van der Waals surface area contributed by atoms with Crippen LogP contribution in [-0.4, -0.2) is 27.7 Å². The standard InChI is InChI=1S/C11H16ClN3O/c12-9-6-13-7-15-11(9)14-5-8-3-1-2-4-10(8)16/h6-8,10,16H,1-5H2,(H,13,14,15). The number of hydrogen-bond donors (Lipinski definition) is 2. The summed E-state index contributed by atoms with van der Waals surface area (Å²) in [4.78, 5) is 7.87. The summed E-state index contributed by atoms with van der Waals surface area (Å²) in [6.45, 7) is 0.720. The fourth-order valence-electron chi connectivity index (χ4n) is 2.10. The molecule has 1 aromatic rings. The maximum atomic E-state index is 9.81. The zero-order valence-electron chi connectivity index (χ0n) is 9.06. The number of aromatic nitrogens is 2. The lowest BCUT2D eigenvalue weighted by Crippen LogP contribution is -2.30. The van der Waals surface area contributed by atoms with Crippen molar-refractivity contribution < 1.29 is 5.11 Å². The zero-order valence-corrected chi connectivity index (χ0v) is 9.82. The molecule has 1 aromatic heterocycles. The number of aliphatic hydroxyl groups excluding tert-OH is 1. The summed E-state index contributed by atoms with van der Waals surface area (Å²) in [6, 6.07) is 0. The quantitative estimate of drug-likeness (QED) is 0.851. The van der Waals surface area contributed by atoms with Gasteiger partial charge in [0.15, 0.2) is 0 Å². The van der Waals surface area contributed by atoms with Crippen molar-refractivity contribution >= 4 is 17.4 Å². The minimum atomic E-state index is -0.193. The zero-order chi connectivity index (χ0) is 11.4. The molecule has 2 unspecified atom stereocenters. The van der Waals surface area contributed by atoms with Gasteiger partial charge >= 0.3 is 0 Å². The predicted molar refractivity (Wildman–Crippen MR) is 63.5 cm³/mol. The molecular weight excluding hydrogens is 226 g/mol. The van der Waals surface area contributed by atoms with Crippen molar-refractivity contribution in [3.05, 3.63) is 17.5 Å². The Morgan fingerprint density at radius 1 is 1.44 bits per heavy atom. The molecule has 1 heterocycles. The van der Waals surface area contributed by atoms with Crippen LogP contribution in [0.3, 0.4) is 0 Å². The molecule has 0 aromatic carbocycles. The van der Waals surface area contributed by atoms with Crippen LogP contribution in [0.1, 0.15) is 25.7 Å². The van der Waals surface area contributed by atoms with Gasteiger partial charge in [-0.2, -0.15) is 0 Å². The Morgan fingerprint density at radius 3 is 3.00 bits per heavy atom. The van der Waals surface area contributed by atoms with Crippen LogP contribution in [0.5, 0.6) is 0 Å². The molecule has 0 spiro atoms. The molecule has 4 nitrogen and oxygen atoms in total.